The van der Waals surface area contributed by atoms with E-state index < -0.39 is 17.8 Å². The van der Waals surface area contributed by atoms with Crippen LogP contribution >= 0.6 is 11.8 Å². The van der Waals surface area contributed by atoms with Crippen molar-refractivity contribution in [3.05, 3.63) is 66.2 Å². The van der Waals surface area contributed by atoms with Gasteiger partial charge in [0.1, 0.15) is 5.92 Å². The molecule has 0 unspecified atom stereocenters. The number of hydrogen-bond donors (Lipinski definition) is 2. The number of carboxylic acid groups (broad SMARTS) is 1. The average molecular weight is 329 g/mol. The third kappa shape index (κ3) is 5.79. The van der Waals surface area contributed by atoms with E-state index in [9.17, 15) is 14.7 Å². The summed E-state index contributed by atoms with van der Waals surface area (Å²) in [6.07, 6.45) is 0.301. The molecular formula is C18H19NO3S. The quantitative estimate of drug-likeness (QED) is 0.576. The molecule has 2 aromatic rings. The minimum Gasteiger partial charge on any atom is -0.481 e. The Morgan fingerprint density at radius 2 is 1.61 bits per heavy atom. The molecule has 0 aliphatic rings. The summed E-state index contributed by atoms with van der Waals surface area (Å²) in [5, 5.41) is 12.0. The van der Waals surface area contributed by atoms with E-state index in [4.69, 9.17) is 0 Å². The highest BCUT2D eigenvalue weighted by Crippen LogP contribution is 2.20. The summed E-state index contributed by atoms with van der Waals surface area (Å²) in [6, 6.07) is 19.2. The van der Waals surface area contributed by atoms with E-state index in [1.165, 1.54) is 0 Å². The van der Waals surface area contributed by atoms with Gasteiger partial charge >= 0.3 is 5.97 Å². The van der Waals surface area contributed by atoms with E-state index in [-0.39, 0.29) is 0 Å². The fraction of sp³-hybridized carbons (Fsp3) is 0.222. The Kier molecular flexibility index (Phi) is 6.69. The third-order valence-corrected chi connectivity index (χ3v) is 4.39. The number of carbonyl (C=O) groups is 2. The monoisotopic (exact) mass is 329 g/mol. The molecular weight excluding hydrogens is 310 g/mol. The summed E-state index contributed by atoms with van der Waals surface area (Å²) in [5.74, 6) is -1.95. The standard InChI is InChI=1S/C18H19NO3S/c20-17(19-13-14-7-3-1-4-8-14)16(18(21)22)11-12-23-15-9-5-2-6-10-15/h1-10,16H,11-13H2,(H,19,20)(H,21,22)/t16-/m1/s1. The predicted molar refractivity (Wildman–Crippen MR) is 91.2 cm³/mol. The molecule has 2 rings (SSSR count). The number of nitrogens with one attached hydrogen (secondary N) is 1. The van der Waals surface area contributed by atoms with Gasteiger partial charge in [-0.3, -0.25) is 9.59 Å². The van der Waals surface area contributed by atoms with Gasteiger partial charge in [-0.05, 0) is 29.9 Å². The number of aliphatic carboxylic acids is 1. The first-order valence-electron chi connectivity index (χ1n) is 7.39. The van der Waals surface area contributed by atoms with E-state index in [2.05, 4.69) is 5.32 Å². The molecule has 1 atom stereocenters. The lowest BCUT2D eigenvalue weighted by Gasteiger charge is -2.12. The lowest BCUT2D eigenvalue weighted by atomic mass is 10.1. The minimum atomic E-state index is -1.08. The molecule has 0 aromatic heterocycles. The maximum absolute atomic E-state index is 12.1. The lowest BCUT2D eigenvalue weighted by molar-refractivity contribution is -0.147. The van der Waals surface area contributed by atoms with Crippen LogP contribution in [0.3, 0.4) is 0 Å². The Morgan fingerprint density at radius 1 is 1.00 bits per heavy atom. The van der Waals surface area contributed by atoms with Crippen LogP contribution in [0.4, 0.5) is 0 Å². The molecule has 0 bridgehead atoms. The first-order chi connectivity index (χ1) is 11.2. The van der Waals surface area contributed by atoms with Gasteiger partial charge in [0.05, 0.1) is 0 Å². The highest BCUT2D eigenvalue weighted by Gasteiger charge is 2.25. The van der Waals surface area contributed by atoms with Gasteiger partial charge in [0.2, 0.25) is 5.91 Å². The first-order valence-corrected chi connectivity index (χ1v) is 8.37. The van der Waals surface area contributed by atoms with Crippen molar-refractivity contribution in [1.82, 2.24) is 5.32 Å². The first kappa shape index (κ1) is 17.1. The molecule has 0 heterocycles. The Morgan fingerprint density at radius 3 is 2.22 bits per heavy atom. The normalized spacial score (nSPS) is 11.7. The smallest absolute Gasteiger partial charge is 0.316 e. The molecule has 23 heavy (non-hydrogen) atoms. The van der Waals surface area contributed by atoms with Crippen LogP contribution in [0, 0.1) is 5.92 Å². The van der Waals surface area contributed by atoms with E-state index in [0.29, 0.717) is 18.7 Å². The number of carboxylic acids is 1. The number of thioether (sulfide) groups is 1. The van der Waals surface area contributed by atoms with Crippen molar-refractivity contribution in [1.29, 1.82) is 0 Å². The molecule has 0 spiro atoms. The minimum absolute atomic E-state index is 0.301. The number of rotatable bonds is 8. The summed E-state index contributed by atoms with van der Waals surface area (Å²) >= 11 is 1.55. The van der Waals surface area contributed by atoms with Crippen molar-refractivity contribution < 1.29 is 14.7 Å². The van der Waals surface area contributed by atoms with Crippen LogP contribution in [0.1, 0.15) is 12.0 Å². The molecule has 0 radical (unpaired) electrons. The van der Waals surface area contributed by atoms with Crippen molar-refractivity contribution in [3.63, 3.8) is 0 Å². The summed E-state index contributed by atoms with van der Waals surface area (Å²) in [7, 11) is 0. The van der Waals surface area contributed by atoms with Crippen molar-refractivity contribution in [3.8, 4) is 0 Å². The molecule has 0 saturated carbocycles. The van der Waals surface area contributed by atoms with Gasteiger partial charge in [0.25, 0.3) is 0 Å². The van der Waals surface area contributed by atoms with E-state index in [1.807, 2.05) is 60.7 Å². The number of amides is 1. The molecule has 0 aliphatic heterocycles. The van der Waals surface area contributed by atoms with Crippen LogP contribution in [0.5, 0.6) is 0 Å². The summed E-state index contributed by atoms with van der Waals surface area (Å²) in [6.45, 7) is 0.343. The largest absolute Gasteiger partial charge is 0.481 e. The van der Waals surface area contributed by atoms with Gasteiger partial charge in [-0.25, -0.2) is 0 Å². The fourth-order valence-corrected chi connectivity index (χ4v) is 3.03. The summed E-state index contributed by atoms with van der Waals surface area (Å²) in [4.78, 5) is 24.5. The Hall–Kier alpha value is -2.27. The molecule has 4 nitrogen and oxygen atoms in total. The van der Waals surface area contributed by atoms with E-state index in [1.54, 1.807) is 11.8 Å². The molecule has 0 saturated heterocycles. The molecule has 0 fully saturated rings. The number of hydrogen-bond acceptors (Lipinski definition) is 3. The maximum atomic E-state index is 12.1. The van der Waals surface area contributed by atoms with Crippen molar-refractivity contribution in [2.45, 2.75) is 17.9 Å². The highest BCUT2D eigenvalue weighted by atomic mass is 32.2. The molecule has 2 N–H and O–H groups in total. The second-order valence-electron chi connectivity index (χ2n) is 5.04. The highest BCUT2D eigenvalue weighted by molar-refractivity contribution is 7.99. The van der Waals surface area contributed by atoms with Crippen LogP contribution in [-0.4, -0.2) is 22.7 Å². The zero-order valence-electron chi connectivity index (χ0n) is 12.6. The third-order valence-electron chi connectivity index (χ3n) is 3.34. The Labute approximate surface area is 139 Å². The Balaban J connectivity index is 1.82. The number of carbonyl (C=O) groups excluding carboxylic acids is 1. The second-order valence-corrected chi connectivity index (χ2v) is 6.21. The van der Waals surface area contributed by atoms with Gasteiger partial charge in [-0.2, -0.15) is 0 Å². The Bertz CT molecular complexity index is 631. The van der Waals surface area contributed by atoms with Crippen molar-refractivity contribution >= 4 is 23.6 Å². The summed E-state index contributed by atoms with van der Waals surface area (Å²) in [5.41, 5.74) is 0.948. The van der Waals surface area contributed by atoms with E-state index in [0.717, 1.165) is 10.5 Å². The topological polar surface area (TPSA) is 66.4 Å². The number of benzene rings is 2. The summed E-state index contributed by atoms with van der Waals surface area (Å²) < 4.78 is 0. The SMILES string of the molecule is O=C(O)[C@H](CCSc1ccccc1)C(=O)NCc1ccccc1. The molecule has 120 valence electrons. The van der Waals surface area contributed by atoms with Gasteiger partial charge in [-0.15, -0.1) is 11.8 Å². The zero-order chi connectivity index (χ0) is 16.5. The second kappa shape index (κ2) is 9.00. The maximum Gasteiger partial charge on any atom is 0.316 e. The molecule has 0 aliphatic carbocycles. The van der Waals surface area contributed by atoms with Crippen molar-refractivity contribution in [2.75, 3.05) is 5.75 Å². The van der Waals surface area contributed by atoms with Crippen LogP contribution in [0.25, 0.3) is 0 Å². The van der Waals surface area contributed by atoms with Gasteiger partial charge in [-0.1, -0.05) is 48.5 Å². The van der Waals surface area contributed by atoms with Crippen LogP contribution < -0.4 is 5.32 Å². The zero-order valence-corrected chi connectivity index (χ0v) is 13.5. The van der Waals surface area contributed by atoms with Crippen molar-refractivity contribution in [2.24, 2.45) is 5.92 Å². The molecule has 2 aromatic carbocycles. The van der Waals surface area contributed by atoms with Gasteiger partial charge in [0.15, 0.2) is 0 Å². The van der Waals surface area contributed by atoms with Crippen LogP contribution in [0.15, 0.2) is 65.6 Å². The van der Waals surface area contributed by atoms with Crippen LogP contribution in [0.2, 0.25) is 0 Å². The van der Waals surface area contributed by atoms with Gasteiger partial charge < -0.3 is 10.4 Å². The van der Waals surface area contributed by atoms with Gasteiger partial charge in [0, 0.05) is 11.4 Å². The predicted octanol–water partition coefficient (Wildman–Crippen LogP) is 3.19. The van der Waals surface area contributed by atoms with E-state index >= 15 is 0 Å². The molecule has 5 heteroatoms. The van der Waals surface area contributed by atoms with Crippen LogP contribution in [-0.2, 0) is 16.1 Å². The average Bonchev–Trinajstić information content (AvgIpc) is 2.58. The fourth-order valence-electron chi connectivity index (χ4n) is 2.09. The molecule has 1 amide bonds. The lowest BCUT2D eigenvalue weighted by Crippen LogP contribution is -2.35.